The van der Waals surface area contributed by atoms with E-state index in [-0.39, 0.29) is 0 Å². The van der Waals surface area contributed by atoms with E-state index in [0.29, 0.717) is 11.3 Å². The van der Waals surface area contributed by atoms with Crippen molar-refractivity contribution in [3.63, 3.8) is 0 Å². The molecule has 124 valence electrons. The van der Waals surface area contributed by atoms with Gasteiger partial charge < -0.3 is 9.74 Å². The Balaban J connectivity index is 1.58. The van der Waals surface area contributed by atoms with Crippen LogP contribution in [-0.2, 0) is 16.1 Å². The van der Waals surface area contributed by atoms with Gasteiger partial charge in [0.1, 0.15) is 5.71 Å². The molecule has 4 nitrogen and oxygen atoms in total. The van der Waals surface area contributed by atoms with Crippen molar-refractivity contribution in [3.05, 3.63) is 89.6 Å². The summed E-state index contributed by atoms with van der Waals surface area (Å²) >= 11 is 0. The Morgan fingerprint density at radius 1 is 1.04 bits per heavy atom. The first-order chi connectivity index (χ1) is 12.3. The van der Waals surface area contributed by atoms with E-state index in [1.54, 1.807) is 6.08 Å². The van der Waals surface area contributed by atoms with Crippen LogP contribution in [0.25, 0.3) is 0 Å². The number of benzene rings is 2. The van der Waals surface area contributed by atoms with Crippen molar-refractivity contribution in [1.29, 1.82) is 0 Å². The van der Waals surface area contributed by atoms with Gasteiger partial charge in [-0.05, 0) is 36.6 Å². The van der Waals surface area contributed by atoms with Gasteiger partial charge in [-0.2, -0.15) is 0 Å². The molecular weight excluding hydrogens is 312 g/mol. The molecule has 0 unspecified atom stereocenters. The van der Waals surface area contributed by atoms with E-state index in [4.69, 9.17) is 4.84 Å². The molecule has 2 heterocycles. The molecule has 0 atom stereocenters. The smallest absolute Gasteiger partial charge is 0.348 e. The summed E-state index contributed by atoms with van der Waals surface area (Å²) in [6.45, 7) is 0.973. The highest BCUT2D eigenvalue weighted by Crippen LogP contribution is 2.27. The van der Waals surface area contributed by atoms with E-state index >= 15 is 0 Å². The second-order valence-corrected chi connectivity index (χ2v) is 6.03. The maximum Gasteiger partial charge on any atom is 0.368 e. The quantitative estimate of drug-likeness (QED) is 0.634. The van der Waals surface area contributed by atoms with Crippen molar-refractivity contribution in [1.82, 2.24) is 0 Å². The molecule has 0 aliphatic carbocycles. The molecule has 0 aromatic heterocycles. The van der Waals surface area contributed by atoms with Gasteiger partial charge >= 0.3 is 5.97 Å². The number of hydrogen-bond acceptors (Lipinski definition) is 4. The minimum absolute atomic E-state index is 0.414. The number of para-hydroxylation sites is 1. The molecule has 4 heteroatoms. The Kier molecular flexibility index (Phi) is 4.17. The van der Waals surface area contributed by atoms with Gasteiger partial charge in [-0.3, -0.25) is 0 Å². The normalized spacial score (nSPS) is 18.4. The number of hydrogen-bond donors (Lipinski definition) is 0. The van der Waals surface area contributed by atoms with Gasteiger partial charge in [0.25, 0.3) is 0 Å². The maximum absolute atomic E-state index is 12.0. The Morgan fingerprint density at radius 3 is 2.72 bits per heavy atom. The summed E-state index contributed by atoms with van der Waals surface area (Å²) < 4.78 is 0. The van der Waals surface area contributed by atoms with Gasteiger partial charge in [-0.1, -0.05) is 53.7 Å². The molecule has 2 aromatic rings. The predicted octanol–water partition coefficient (Wildman–Crippen LogP) is 3.84. The van der Waals surface area contributed by atoms with E-state index in [1.165, 1.54) is 11.3 Å². The monoisotopic (exact) mass is 330 g/mol. The van der Waals surface area contributed by atoms with E-state index in [1.807, 2.05) is 42.6 Å². The Labute approximate surface area is 146 Å². The summed E-state index contributed by atoms with van der Waals surface area (Å²) in [6.07, 6.45) is 7.91. The van der Waals surface area contributed by atoms with Gasteiger partial charge in [-0.15, -0.1) is 0 Å². The topological polar surface area (TPSA) is 41.9 Å². The third-order valence-electron chi connectivity index (χ3n) is 4.42. The van der Waals surface area contributed by atoms with E-state index in [2.05, 4.69) is 34.3 Å². The number of allylic oxidation sites excluding steroid dienone is 2. The first kappa shape index (κ1) is 15.4. The Hall–Kier alpha value is -3.14. The van der Waals surface area contributed by atoms with Crippen LogP contribution >= 0.6 is 0 Å². The lowest BCUT2D eigenvalue weighted by Gasteiger charge is -2.27. The zero-order chi connectivity index (χ0) is 17.1. The highest BCUT2D eigenvalue weighted by Gasteiger charge is 2.26. The number of rotatable bonds is 3. The first-order valence-corrected chi connectivity index (χ1v) is 8.41. The molecule has 2 aliphatic heterocycles. The molecule has 0 amide bonds. The summed E-state index contributed by atoms with van der Waals surface area (Å²) in [5.41, 5.74) is 4.52. The number of carbonyl (C=O) groups excluding carboxylic acids is 1. The summed E-state index contributed by atoms with van der Waals surface area (Å²) in [6, 6.07) is 18.0. The van der Waals surface area contributed by atoms with Crippen LogP contribution in [0.2, 0.25) is 0 Å². The summed E-state index contributed by atoms with van der Waals surface area (Å²) in [5, 5.41) is 3.92. The first-order valence-electron chi connectivity index (χ1n) is 8.41. The van der Waals surface area contributed by atoms with E-state index in [0.717, 1.165) is 24.9 Å². The summed E-state index contributed by atoms with van der Waals surface area (Å²) in [4.78, 5) is 19.1. The van der Waals surface area contributed by atoms with Crippen molar-refractivity contribution in [2.75, 3.05) is 11.4 Å². The molecule has 4 rings (SSSR count). The number of anilines is 1. The highest BCUT2D eigenvalue weighted by atomic mass is 16.7. The van der Waals surface area contributed by atoms with Crippen molar-refractivity contribution < 1.29 is 9.63 Å². The zero-order valence-corrected chi connectivity index (χ0v) is 13.8. The SMILES string of the molecule is O=C1ON=C(c2ccccc2)C1=CC=CN1CCCc2ccccc21. The van der Waals surface area contributed by atoms with Gasteiger partial charge in [0, 0.05) is 24.0 Å². The molecule has 0 saturated heterocycles. The van der Waals surface area contributed by atoms with Crippen molar-refractivity contribution in [2.24, 2.45) is 5.16 Å². The fraction of sp³-hybridized carbons (Fsp3) is 0.143. The van der Waals surface area contributed by atoms with Gasteiger partial charge in [-0.25, -0.2) is 4.79 Å². The van der Waals surface area contributed by atoms with Crippen LogP contribution in [0.5, 0.6) is 0 Å². The lowest BCUT2D eigenvalue weighted by atomic mass is 10.0. The second-order valence-electron chi connectivity index (χ2n) is 6.03. The van der Waals surface area contributed by atoms with Gasteiger partial charge in [0.2, 0.25) is 0 Å². The van der Waals surface area contributed by atoms with Crippen LogP contribution in [0.3, 0.4) is 0 Å². The fourth-order valence-electron chi connectivity index (χ4n) is 3.19. The minimum atomic E-state index is -0.414. The van der Waals surface area contributed by atoms with Crippen LogP contribution in [-0.4, -0.2) is 18.2 Å². The number of oxime groups is 1. The predicted molar refractivity (Wildman–Crippen MR) is 98.4 cm³/mol. The number of aryl methyl sites for hydroxylation is 1. The molecule has 0 spiro atoms. The van der Waals surface area contributed by atoms with Crippen LogP contribution in [0.1, 0.15) is 17.5 Å². The van der Waals surface area contributed by atoms with Crippen molar-refractivity contribution in [3.8, 4) is 0 Å². The van der Waals surface area contributed by atoms with Crippen LogP contribution in [0, 0.1) is 0 Å². The largest absolute Gasteiger partial charge is 0.368 e. The third kappa shape index (κ3) is 3.11. The van der Waals surface area contributed by atoms with E-state index < -0.39 is 5.97 Å². The fourth-order valence-corrected chi connectivity index (χ4v) is 3.19. The standard InChI is InChI=1S/C21H18N2O2/c24-21-18(20(22-25-21)17-9-2-1-3-10-17)12-7-15-23-14-6-11-16-8-4-5-13-19(16)23/h1-5,7-10,12-13,15H,6,11,14H2. The number of carbonyl (C=O) groups is 1. The molecule has 2 aromatic carbocycles. The average Bonchev–Trinajstić information content (AvgIpc) is 3.03. The molecule has 0 N–H and O–H groups in total. The van der Waals surface area contributed by atoms with Gasteiger partial charge in [0.15, 0.2) is 0 Å². The summed E-state index contributed by atoms with van der Waals surface area (Å²) in [5.74, 6) is -0.414. The molecule has 0 bridgehead atoms. The zero-order valence-electron chi connectivity index (χ0n) is 13.8. The minimum Gasteiger partial charge on any atom is -0.348 e. The highest BCUT2D eigenvalue weighted by molar-refractivity contribution is 6.28. The van der Waals surface area contributed by atoms with Crippen molar-refractivity contribution in [2.45, 2.75) is 12.8 Å². The molecule has 0 saturated carbocycles. The van der Waals surface area contributed by atoms with Gasteiger partial charge in [0.05, 0.1) is 5.57 Å². The van der Waals surface area contributed by atoms with Crippen LogP contribution < -0.4 is 4.90 Å². The number of fused-ring (bicyclic) bond motifs is 1. The molecule has 25 heavy (non-hydrogen) atoms. The maximum atomic E-state index is 12.0. The summed E-state index contributed by atoms with van der Waals surface area (Å²) in [7, 11) is 0. The number of nitrogens with zero attached hydrogens (tertiary/aromatic N) is 2. The average molecular weight is 330 g/mol. The molecule has 0 fully saturated rings. The lowest BCUT2D eigenvalue weighted by molar-refractivity contribution is -0.136. The molecular formula is C21H18N2O2. The van der Waals surface area contributed by atoms with Crippen LogP contribution in [0.4, 0.5) is 5.69 Å². The Bertz CT molecular complexity index is 882. The second kappa shape index (κ2) is 6.77. The Morgan fingerprint density at radius 2 is 1.84 bits per heavy atom. The molecule has 2 aliphatic rings. The van der Waals surface area contributed by atoms with Crippen molar-refractivity contribution >= 4 is 17.4 Å². The molecule has 0 radical (unpaired) electrons. The lowest BCUT2D eigenvalue weighted by Crippen LogP contribution is -2.23. The third-order valence-corrected chi connectivity index (χ3v) is 4.42. The van der Waals surface area contributed by atoms with E-state index in [9.17, 15) is 4.79 Å². The van der Waals surface area contributed by atoms with Crippen LogP contribution in [0.15, 0.2) is 83.7 Å².